The highest BCUT2D eigenvalue weighted by Gasteiger charge is 2.56. The van der Waals surface area contributed by atoms with Crippen molar-refractivity contribution in [2.24, 2.45) is 5.41 Å². The third-order valence-electron chi connectivity index (χ3n) is 4.63. The second-order valence-electron chi connectivity index (χ2n) is 6.39. The highest BCUT2D eigenvalue weighted by atomic mass is 35.5. The second kappa shape index (κ2) is 6.53. The van der Waals surface area contributed by atoms with Crippen molar-refractivity contribution in [3.05, 3.63) is 53.1 Å². The van der Waals surface area contributed by atoms with Crippen molar-refractivity contribution in [3.8, 4) is 11.5 Å². The molecule has 1 fully saturated rings. The number of carbonyl (C=O) groups is 2. The number of halogens is 1. The Morgan fingerprint density at radius 3 is 2.58 bits per heavy atom. The maximum atomic E-state index is 12.6. The first-order chi connectivity index (χ1) is 12.6. The lowest BCUT2D eigenvalue weighted by Crippen LogP contribution is -2.39. The number of hydrogen-bond acceptors (Lipinski definition) is 4. The van der Waals surface area contributed by atoms with Gasteiger partial charge in [-0.2, -0.15) is 0 Å². The average molecular weight is 373 g/mol. The van der Waals surface area contributed by atoms with Crippen LogP contribution in [0.5, 0.6) is 11.5 Å². The van der Waals surface area contributed by atoms with E-state index in [4.69, 9.17) is 21.1 Å². The van der Waals surface area contributed by atoms with Crippen LogP contribution in [0.25, 0.3) is 0 Å². The largest absolute Gasteiger partial charge is 0.454 e. The number of hydrogen-bond donors (Lipinski definition) is 2. The van der Waals surface area contributed by atoms with Gasteiger partial charge >= 0.3 is 0 Å². The van der Waals surface area contributed by atoms with Crippen molar-refractivity contribution in [2.75, 3.05) is 12.1 Å². The van der Waals surface area contributed by atoms with E-state index in [1.807, 2.05) is 12.1 Å². The lowest BCUT2D eigenvalue weighted by Gasteiger charge is -2.16. The fraction of sp³-hybridized carbons (Fsp3) is 0.263. The van der Waals surface area contributed by atoms with Gasteiger partial charge in [-0.15, -0.1) is 0 Å². The van der Waals surface area contributed by atoms with Gasteiger partial charge in [0.25, 0.3) is 0 Å². The SMILES string of the molecule is O=C(NCc1ccc2c(c1)OCO2)C1(C(=O)Nc2ccccc2Cl)CC1. The average Bonchev–Trinajstić information content (AvgIpc) is 3.33. The molecule has 0 saturated heterocycles. The maximum Gasteiger partial charge on any atom is 0.240 e. The minimum atomic E-state index is -1.02. The molecule has 7 heteroatoms. The second-order valence-corrected chi connectivity index (χ2v) is 6.79. The summed E-state index contributed by atoms with van der Waals surface area (Å²) in [6, 6.07) is 12.4. The Bertz CT molecular complexity index is 880. The van der Waals surface area contributed by atoms with Gasteiger partial charge < -0.3 is 20.1 Å². The number of ether oxygens (including phenoxy) is 2. The minimum Gasteiger partial charge on any atom is -0.454 e. The van der Waals surface area contributed by atoms with Gasteiger partial charge in [-0.25, -0.2) is 0 Å². The third-order valence-corrected chi connectivity index (χ3v) is 4.96. The van der Waals surface area contributed by atoms with E-state index >= 15 is 0 Å². The quantitative estimate of drug-likeness (QED) is 0.791. The number of fused-ring (bicyclic) bond motifs is 1. The molecule has 1 saturated carbocycles. The van der Waals surface area contributed by atoms with Crippen molar-refractivity contribution in [2.45, 2.75) is 19.4 Å². The predicted molar refractivity (Wildman–Crippen MR) is 96.2 cm³/mol. The van der Waals surface area contributed by atoms with Gasteiger partial charge in [0, 0.05) is 6.54 Å². The molecule has 4 rings (SSSR count). The molecule has 0 bridgehead atoms. The van der Waals surface area contributed by atoms with E-state index in [-0.39, 0.29) is 18.6 Å². The normalized spacial score (nSPS) is 16.0. The summed E-state index contributed by atoms with van der Waals surface area (Å²) < 4.78 is 10.6. The maximum absolute atomic E-state index is 12.6. The number of nitrogens with one attached hydrogen (secondary N) is 2. The Hall–Kier alpha value is -2.73. The van der Waals surface area contributed by atoms with Gasteiger partial charge in [0.05, 0.1) is 10.7 Å². The molecule has 2 amide bonds. The Balaban J connectivity index is 1.39. The molecule has 2 N–H and O–H groups in total. The molecule has 6 nitrogen and oxygen atoms in total. The Labute approximate surface area is 155 Å². The van der Waals surface area contributed by atoms with Crippen molar-refractivity contribution >= 4 is 29.1 Å². The van der Waals surface area contributed by atoms with Gasteiger partial charge in [0.15, 0.2) is 11.5 Å². The van der Waals surface area contributed by atoms with E-state index in [9.17, 15) is 9.59 Å². The zero-order valence-electron chi connectivity index (χ0n) is 13.9. The topological polar surface area (TPSA) is 76.7 Å². The predicted octanol–water partition coefficient (Wildman–Crippen LogP) is 3.10. The molecule has 0 aromatic heterocycles. The first-order valence-corrected chi connectivity index (χ1v) is 8.69. The molecule has 0 atom stereocenters. The van der Waals surface area contributed by atoms with E-state index in [2.05, 4.69) is 10.6 Å². The summed E-state index contributed by atoms with van der Waals surface area (Å²) in [4.78, 5) is 25.2. The van der Waals surface area contributed by atoms with Crippen LogP contribution >= 0.6 is 11.6 Å². The van der Waals surface area contributed by atoms with Crippen LogP contribution in [0.3, 0.4) is 0 Å². The lowest BCUT2D eigenvalue weighted by molar-refractivity contribution is -0.134. The monoisotopic (exact) mass is 372 g/mol. The summed E-state index contributed by atoms with van der Waals surface area (Å²) in [6.07, 6.45) is 1.05. The molecule has 134 valence electrons. The van der Waals surface area contributed by atoms with Crippen molar-refractivity contribution < 1.29 is 19.1 Å². The van der Waals surface area contributed by atoms with Crippen molar-refractivity contribution in [1.82, 2.24) is 5.32 Å². The number of amides is 2. The van der Waals surface area contributed by atoms with Gasteiger partial charge in [0.1, 0.15) is 5.41 Å². The van der Waals surface area contributed by atoms with Gasteiger partial charge in [-0.05, 0) is 42.7 Å². The van der Waals surface area contributed by atoms with Crippen LogP contribution in [0, 0.1) is 5.41 Å². The molecule has 26 heavy (non-hydrogen) atoms. The summed E-state index contributed by atoms with van der Waals surface area (Å²) in [7, 11) is 0. The molecule has 1 aliphatic carbocycles. The van der Waals surface area contributed by atoms with Crippen LogP contribution in [0.4, 0.5) is 5.69 Å². The highest BCUT2D eigenvalue weighted by Crippen LogP contribution is 2.47. The van der Waals surface area contributed by atoms with E-state index in [0.717, 1.165) is 5.56 Å². The number of benzene rings is 2. The zero-order chi connectivity index (χ0) is 18.1. The third kappa shape index (κ3) is 3.08. The summed E-state index contributed by atoms with van der Waals surface area (Å²) in [5.74, 6) is 0.751. The molecule has 1 aliphatic heterocycles. The number of carbonyl (C=O) groups excluding carboxylic acids is 2. The van der Waals surface area contributed by atoms with Gasteiger partial charge in [-0.3, -0.25) is 9.59 Å². The molecule has 2 aromatic carbocycles. The summed E-state index contributed by atoms with van der Waals surface area (Å²) in [6.45, 7) is 0.521. The Morgan fingerprint density at radius 2 is 1.81 bits per heavy atom. The van der Waals surface area contributed by atoms with Crippen LogP contribution in [-0.4, -0.2) is 18.6 Å². The highest BCUT2D eigenvalue weighted by molar-refractivity contribution is 6.34. The molecule has 0 radical (unpaired) electrons. The van der Waals surface area contributed by atoms with Crippen LogP contribution in [-0.2, 0) is 16.1 Å². The molecule has 0 unspecified atom stereocenters. The Morgan fingerprint density at radius 1 is 1.04 bits per heavy atom. The van der Waals surface area contributed by atoms with Gasteiger partial charge in [0.2, 0.25) is 18.6 Å². The molecular formula is C19H17ClN2O4. The van der Waals surface area contributed by atoms with Crippen LogP contribution in [0.15, 0.2) is 42.5 Å². The zero-order valence-corrected chi connectivity index (χ0v) is 14.6. The van der Waals surface area contributed by atoms with E-state index < -0.39 is 5.41 Å². The fourth-order valence-electron chi connectivity index (χ4n) is 2.89. The smallest absolute Gasteiger partial charge is 0.240 e. The number of para-hydroxylation sites is 1. The van der Waals surface area contributed by atoms with Gasteiger partial charge in [-0.1, -0.05) is 29.8 Å². The standard InChI is InChI=1S/C19H17ClN2O4/c20-13-3-1-2-4-14(13)22-18(24)19(7-8-19)17(23)21-10-12-5-6-15-16(9-12)26-11-25-15/h1-6,9H,7-8,10-11H2,(H,21,23)(H,22,24). The molecule has 0 spiro atoms. The van der Waals surface area contributed by atoms with Crippen LogP contribution < -0.4 is 20.1 Å². The van der Waals surface area contributed by atoms with Crippen molar-refractivity contribution in [1.29, 1.82) is 0 Å². The van der Waals surface area contributed by atoms with Crippen LogP contribution in [0.1, 0.15) is 18.4 Å². The van der Waals surface area contributed by atoms with E-state index in [0.29, 0.717) is 41.6 Å². The fourth-order valence-corrected chi connectivity index (χ4v) is 3.07. The van der Waals surface area contributed by atoms with Crippen LogP contribution in [0.2, 0.25) is 5.02 Å². The van der Waals surface area contributed by atoms with Crippen molar-refractivity contribution in [3.63, 3.8) is 0 Å². The first kappa shape index (κ1) is 16.7. The number of rotatable bonds is 5. The molecule has 1 heterocycles. The summed E-state index contributed by atoms with van der Waals surface area (Å²) in [5, 5.41) is 6.04. The number of anilines is 1. The summed E-state index contributed by atoms with van der Waals surface area (Å²) in [5.41, 5.74) is 0.370. The summed E-state index contributed by atoms with van der Waals surface area (Å²) >= 11 is 6.07. The molecule has 2 aliphatic rings. The molecule has 2 aromatic rings. The Kier molecular flexibility index (Phi) is 4.20. The van der Waals surface area contributed by atoms with E-state index in [1.54, 1.807) is 30.3 Å². The first-order valence-electron chi connectivity index (χ1n) is 8.31. The lowest BCUT2D eigenvalue weighted by atomic mass is 10.0. The minimum absolute atomic E-state index is 0.205. The molecular weight excluding hydrogens is 356 g/mol. The van der Waals surface area contributed by atoms with E-state index in [1.165, 1.54) is 0 Å².